The molecule has 0 spiro atoms. The van der Waals surface area contributed by atoms with E-state index in [4.69, 9.17) is 0 Å². The molecule has 0 amide bonds. The molecule has 0 atom stereocenters. The molecule has 0 aromatic carbocycles. The first-order valence-corrected chi connectivity index (χ1v) is 8.27. The molecule has 0 aliphatic carbocycles. The maximum atomic E-state index is 3.57. The topological polar surface area (TPSA) is 24.1 Å². The average molecular weight is 258 g/mol. The van der Waals surface area contributed by atoms with Gasteiger partial charge in [0.05, 0.1) is 0 Å². The zero-order chi connectivity index (χ0) is 12.6. The summed E-state index contributed by atoms with van der Waals surface area (Å²) in [6.45, 7) is 10.2. The summed E-state index contributed by atoms with van der Waals surface area (Å²) < 4.78 is 0. The van der Waals surface area contributed by atoms with Crippen LogP contribution in [0.15, 0.2) is 0 Å². The molecule has 0 radical (unpaired) electrons. The van der Waals surface area contributed by atoms with Gasteiger partial charge in [-0.1, -0.05) is 0 Å². The van der Waals surface area contributed by atoms with Crippen molar-refractivity contribution in [2.45, 2.75) is 52.0 Å². The molecular formula is C14H30N2S. The van der Waals surface area contributed by atoms with Crippen LogP contribution in [0.3, 0.4) is 0 Å². The van der Waals surface area contributed by atoms with E-state index in [1.54, 1.807) is 0 Å². The van der Waals surface area contributed by atoms with Crippen LogP contribution in [0.4, 0.5) is 0 Å². The van der Waals surface area contributed by atoms with Crippen molar-refractivity contribution in [3.05, 3.63) is 0 Å². The van der Waals surface area contributed by atoms with E-state index < -0.39 is 0 Å². The Morgan fingerprint density at radius 1 is 1.06 bits per heavy atom. The molecule has 1 saturated heterocycles. The van der Waals surface area contributed by atoms with E-state index in [1.165, 1.54) is 43.7 Å². The molecule has 0 bridgehead atoms. The molecule has 1 aliphatic heterocycles. The molecule has 0 aromatic heterocycles. The highest BCUT2D eigenvalue weighted by Crippen LogP contribution is 2.24. The van der Waals surface area contributed by atoms with E-state index in [1.807, 2.05) is 0 Å². The fourth-order valence-electron chi connectivity index (χ4n) is 2.14. The molecule has 1 fully saturated rings. The highest BCUT2D eigenvalue weighted by molar-refractivity contribution is 7.99. The lowest BCUT2D eigenvalue weighted by Crippen LogP contribution is -2.37. The van der Waals surface area contributed by atoms with Gasteiger partial charge in [-0.15, -0.1) is 0 Å². The second-order valence-corrected chi connectivity index (χ2v) is 7.35. The summed E-state index contributed by atoms with van der Waals surface area (Å²) in [6, 6.07) is 0. The quantitative estimate of drug-likeness (QED) is 0.687. The van der Waals surface area contributed by atoms with E-state index in [2.05, 4.69) is 43.2 Å². The number of hydrogen-bond donors (Lipinski definition) is 2. The van der Waals surface area contributed by atoms with Crippen molar-refractivity contribution < 1.29 is 0 Å². The third-order valence-electron chi connectivity index (χ3n) is 3.26. The van der Waals surface area contributed by atoms with Crippen LogP contribution in [0, 0.1) is 5.92 Å². The highest BCUT2D eigenvalue weighted by Gasteiger charge is 2.12. The van der Waals surface area contributed by atoms with Gasteiger partial charge in [0.2, 0.25) is 0 Å². The van der Waals surface area contributed by atoms with Gasteiger partial charge in [-0.3, -0.25) is 0 Å². The molecule has 17 heavy (non-hydrogen) atoms. The zero-order valence-electron chi connectivity index (χ0n) is 11.8. The third-order valence-corrected chi connectivity index (χ3v) is 4.30. The normalized spacial score (nSPS) is 18.5. The Morgan fingerprint density at radius 3 is 2.41 bits per heavy atom. The van der Waals surface area contributed by atoms with E-state index in [-0.39, 0.29) is 5.54 Å². The molecule has 0 aromatic rings. The molecule has 1 rings (SSSR count). The van der Waals surface area contributed by atoms with Crippen LogP contribution in [0.25, 0.3) is 0 Å². The molecular weight excluding hydrogens is 228 g/mol. The first-order chi connectivity index (χ1) is 8.08. The Kier molecular flexibility index (Phi) is 7.56. The first-order valence-electron chi connectivity index (χ1n) is 7.11. The maximum Gasteiger partial charge on any atom is 0.00965 e. The summed E-state index contributed by atoms with van der Waals surface area (Å²) in [4.78, 5) is 0. The second kappa shape index (κ2) is 8.39. The number of rotatable bonds is 7. The standard InChI is InChI=1S/C14H30N2S/c1-14(2,3)16-9-4-8-15-10-5-13-6-11-17-12-7-13/h13,15-16H,4-12H2,1-3H3. The van der Waals surface area contributed by atoms with Gasteiger partial charge < -0.3 is 10.6 Å². The molecule has 0 unspecified atom stereocenters. The number of thioether (sulfide) groups is 1. The van der Waals surface area contributed by atoms with Crippen LogP contribution < -0.4 is 10.6 Å². The predicted octanol–water partition coefficient (Wildman–Crippen LogP) is 2.89. The predicted molar refractivity (Wildman–Crippen MR) is 79.9 cm³/mol. The van der Waals surface area contributed by atoms with Crippen LogP contribution in [0.1, 0.15) is 46.5 Å². The third kappa shape index (κ3) is 8.92. The summed E-state index contributed by atoms with van der Waals surface area (Å²) in [7, 11) is 0. The van der Waals surface area contributed by atoms with Gasteiger partial charge >= 0.3 is 0 Å². The molecule has 3 heteroatoms. The minimum atomic E-state index is 0.264. The van der Waals surface area contributed by atoms with Crippen LogP contribution >= 0.6 is 11.8 Å². The van der Waals surface area contributed by atoms with Gasteiger partial charge in [-0.2, -0.15) is 11.8 Å². The van der Waals surface area contributed by atoms with Crippen molar-refractivity contribution in [2.24, 2.45) is 5.92 Å². The molecule has 2 N–H and O–H groups in total. The Labute approximate surface area is 112 Å². The Balaban J connectivity index is 1.84. The van der Waals surface area contributed by atoms with Crippen molar-refractivity contribution in [1.82, 2.24) is 10.6 Å². The van der Waals surface area contributed by atoms with E-state index >= 15 is 0 Å². The number of nitrogens with one attached hydrogen (secondary N) is 2. The van der Waals surface area contributed by atoms with Gasteiger partial charge in [0.15, 0.2) is 0 Å². The SMILES string of the molecule is CC(C)(C)NCCCNCCC1CCSCC1. The van der Waals surface area contributed by atoms with E-state index in [0.717, 1.165) is 19.0 Å². The monoisotopic (exact) mass is 258 g/mol. The summed E-state index contributed by atoms with van der Waals surface area (Å²) in [5.41, 5.74) is 0.264. The lowest BCUT2D eigenvalue weighted by molar-refractivity contribution is 0.409. The average Bonchev–Trinajstić information content (AvgIpc) is 2.28. The smallest absolute Gasteiger partial charge is 0.00965 e. The fourth-order valence-corrected chi connectivity index (χ4v) is 3.35. The minimum Gasteiger partial charge on any atom is -0.317 e. The van der Waals surface area contributed by atoms with Crippen LogP contribution in [0.2, 0.25) is 0 Å². The Hall–Kier alpha value is 0.270. The first kappa shape index (κ1) is 15.3. The van der Waals surface area contributed by atoms with Crippen molar-refractivity contribution >= 4 is 11.8 Å². The van der Waals surface area contributed by atoms with Crippen molar-refractivity contribution in [3.8, 4) is 0 Å². The summed E-state index contributed by atoms with van der Waals surface area (Å²) in [5.74, 6) is 3.77. The van der Waals surface area contributed by atoms with Gasteiger partial charge in [-0.25, -0.2) is 0 Å². The van der Waals surface area contributed by atoms with Gasteiger partial charge in [0.25, 0.3) is 0 Å². The molecule has 0 saturated carbocycles. The minimum absolute atomic E-state index is 0.264. The molecule has 1 aliphatic rings. The van der Waals surface area contributed by atoms with Gasteiger partial charge in [-0.05, 0) is 83.5 Å². The van der Waals surface area contributed by atoms with Gasteiger partial charge in [0, 0.05) is 5.54 Å². The van der Waals surface area contributed by atoms with Crippen molar-refractivity contribution in [3.63, 3.8) is 0 Å². The van der Waals surface area contributed by atoms with E-state index in [9.17, 15) is 0 Å². The maximum absolute atomic E-state index is 3.57. The van der Waals surface area contributed by atoms with E-state index in [0.29, 0.717) is 0 Å². The van der Waals surface area contributed by atoms with Crippen molar-refractivity contribution in [2.75, 3.05) is 31.1 Å². The van der Waals surface area contributed by atoms with Crippen LogP contribution in [-0.4, -0.2) is 36.7 Å². The highest BCUT2D eigenvalue weighted by atomic mass is 32.2. The van der Waals surface area contributed by atoms with Gasteiger partial charge in [0.1, 0.15) is 0 Å². The Morgan fingerprint density at radius 2 is 1.76 bits per heavy atom. The zero-order valence-corrected chi connectivity index (χ0v) is 12.7. The fraction of sp³-hybridized carbons (Fsp3) is 1.00. The van der Waals surface area contributed by atoms with Crippen LogP contribution in [-0.2, 0) is 0 Å². The molecule has 1 heterocycles. The summed E-state index contributed by atoms with van der Waals surface area (Å²) in [6.07, 6.45) is 5.50. The lowest BCUT2D eigenvalue weighted by atomic mass is 9.99. The lowest BCUT2D eigenvalue weighted by Gasteiger charge is -2.22. The Bertz CT molecular complexity index is 183. The van der Waals surface area contributed by atoms with Crippen molar-refractivity contribution in [1.29, 1.82) is 0 Å². The summed E-state index contributed by atoms with van der Waals surface area (Å²) >= 11 is 2.12. The molecule has 2 nitrogen and oxygen atoms in total. The largest absolute Gasteiger partial charge is 0.317 e. The second-order valence-electron chi connectivity index (χ2n) is 6.12. The molecule has 102 valence electrons. The van der Waals surface area contributed by atoms with Crippen LogP contribution in [0.5, 0.6) is 0 Å². The summed E-state index contributed by atoms with van der Waals surface area (Å²) in [5, 5.41) is 7.09. The number of hydrogen-bond acceptors (Lipinski definition) is 3.